The smallest absolute Gasteiger partial charge is 0.408 e. The number of alkyl carbamates (subject to hydrolysis) is 1. The maximum Gasteiger partial charge on any atom is 0.408 e. The summed E-state index contributed by atoms with van der Waals surface area (Å²) in [6, 6.07) is 41.1. The predicted octanol–water partition coefficient (Wildman–Crippen LogP) is 8.64. The average molecular weight is 767 g/mol. The lowest BCUT2D eigenvalue weighted by Gasteiger charge is -2.17. The van der Waals surface area contributed by atoms with Crippen LogP contribution in [0.5, 0.6) is 0 Å². The Kier molecular flexibility index (Phi) is 13.1. The fourth-order valence-electron chi connectivity index (χ4n) is 6.72. The number of hydrogen-bond donors (Lipinski definition) is 4. The third-order valence-corrected chi connectivity index (χ3v) is 11.8. The van der Waals surface area contributed by atoms with E-state index < -0.39 is 30.1 Å². The first kappa shape index (κ1) is 38.0. The average Bonchev–Trinajstić information content (AvgIpc) is 3.68. The number of carboxylic acid groups (broad SMARTS) is 2. The van der Waals surface area contributed by atoms with Crippen molar-refractivity contribution in [2.45, 2.75) is 30.5 Å². The minimum atomic E-state index is -1.07. The van der Waals surface area contributed by atoms with Crippen molar-refractivity contribution in [3.05, 3.63) is 155 Å². The monoisotopic (exact) mass is 766 g/mol. The largest absolute Gasteiger partial charge is 0.480 e. The van der Waals surface area contributed by atoms with Crippen LogP contribution in [-0.4, -0.2) is 63.3 Å². The summed E-state index contributed by atoms with van der Waals surface area (Å²) < 4.78 is 5.16. The lowest BCUT2D eigenvalue weighted by atomic mass is 9.99. The van der Waals surface area contributed by atoms with Crippen LogP contribution in [0.15, 0.2) is 127 Å². The van der Waals surface area contributed by atoms with Gasteiger partial charge in [-0.3, -0.25) is 4.79 Å². The normalized spacial score (nSPS) is 13.7. The number of carbonyl (C=O) groups excluding carboxylic acids is 1. The number of aliphatic carboxylic acids is 2. The minimum Gasteiger partial charge on any atom is -0.480 e. The van der Waals surface area contributed by atoms with E-state index in [0.29, 0.717) is 11.7 Å². The van der Waals surface area contributed by atoms with E-state index in [4.69, 9.17) is 21.6 Å². The molecule has 2 atom stereocenters. The van der Waals surface area contributed by atoms with Gasteiger partial charge in [-0.25, -0.2) is 14.4 Å². The molecule has 0 heterocycles. The fourth-order valence-corrected chi connectivity index (χ4v) is 9.36. The van der Waals surface area contributed by atoms with Crippen molar-refractivity contribution in [2.75, 3.05) is 23.0 Å². The number of thioether (sulfide) groups is 2. The Morgan fingerprint density at radius 2 is 0.962 bits per heavy atom. The molecule has 4 N–H and O–H groups in total. The van der Waals surface area contributed by atoms with Gasteiger partial charge < -0.3 is 20.3 Å². The van der Waals surface area contributed by atoms with Gasteiger partial charge in [-0.2, -0.15) is 23.5 Å². The SMILES string of the molecule is O=C(N[C@H](CSCC1c2ccccc2-c2ccccc21)C(=O)O)OCc1ccccc1.O=C(O)[C@@H](CSCC1c2ccccc2-c2ccccc21)NCl. The molecule has 0 fully saturated rings. The van der Waals surface area contributed by atoms with Gasteiger partial charge in [0.15, 0.2) is 0 Å². The summed E-state index contributed by atoms with van der Waals surface area (Å²) in [6.07, 6.45) is -0.728. The van der Waals surface area contributed by atoms with Crippen molar-refractivity contribution in [3.63, 3.8) is 0 Å². The van der Waals surface area contributed by atoms with Gasteiger partial charge in [-0.05, 0) is 61.8 Å². The quantitative estimate of drug-likeness (QED) is 0.0823. The molecule has 0 saturated carbocycles. The summed E-state index contributed by atoms with van der Waals surface area (Å²) in [5.74, 6) is 0.802. The maximum absolute atomic E-state index is 12.1. The molecular formula is C42H39ClN2O6S2. The van der Waals surface area contributed by atoms with E-state index in [0.717, 1.165) is 17.1 Å². The molecule has 11 heteroatoms. The molecule has 1 amide bonds. The molecule has 0 bridgehead atoms. The molecule has 0 unspecified atom stereocenters. The van der Waals surface area contributed by atoms with Gasteiger partial charge in [0.2, 0.25) is 0 Å². The van der Waals surface area contributed by atoms with Crippen LogP contribution in [0.4, 0.5) is 4.79 Å². The van der Waals surface area contributed by atoms with Crippen LogP contribution in [0.25, 0.3) is 22.3 Å². The molecule has 5 aromatic rings. The highest BCUT2D eigenvalue weighted by molar-refractivity contribution is 7.99. The second-order valence-electron chi connectivity index (χ2n) is 12.6. The highest BCUT2D eigenvalue weighted by Crippen LogP contribution is 2.47. The molecule has 2 aliphatic rings. The van der Waals surface area contributed by atoms with Gasteiger partial charge in [0.25, 0.3) is 0 Å². The van der Waals surface area contributed by atoms with Crippen molar-refractivity contribution in [3.8, 4) is 22.3 Å². The maximum atomic E-state index is 12.1. The van der Waals surface area contributed by atoms with E-state index in [1.54, 1.807) is 11.8 Å². The molecule has 5 aromatic carbocycles. The zero-order chi connectivity index (χ0) is 37.2. The van der Waals surface area contributed by atoms with Crippen molar-refractivity contribution < 1.29 is 29.3 Å². The Bertz CT molecular complexity index is 1960. The highest BCUT2D eigenvalue weighted by atomic mass is 35.5. The molecule has 0 aromatic heterocycles. The molecule has 7 rings (SSSR count). The molecule has 0 radical (unpaired) electrons. The number of rotatable bonds is 14. The fraction of sp³-hybridized carbons (Fsp3) is 0.214. The number of ether oxygens (including phenoxy) is 1. The third kappa shape index (κ3) is 9.26. The van der Waals surface area contributed by atoms with Crippen molar-refractivity contribution in [1.29, 1.82) is 0 Å². The first-order valence-electron chi connectivity index (χ1n) is 17.2. The van der Waals surface area contributed by atoms with E-state index in [-0.39, 0.29) is 18.3 Å². The Morgan fingerprint density at radius 3 is 1.36 bits per heavy atom. The van der Waals surface area contributed by atoms with Crippen molar-refractivity contribution in [2.24, 2.45) is 0 Å². The molecule has 8 nitrogen and oxygen atoms in total. The van der Waals surface area contributed by atoms with Crippen LogP contribution < -0.4 is 10.2 Å². The van der Waals surface area contributed by atoms with Gasteiger partial charge in [0.05, 0.1) is 0 Å². The molecule has 0 aliphatic heterocycles. The Balaban J connectivity index is 0.000000192. The number of halogens is 1. The minimum absolute atomic E-state index is 0.0990. The lowest BCUT2D eigenvalue weighted by Crippen LogP contribution is -2.42. The van der Waals surface area contributed by atoms with E-state index in [1.807, 2.05) is 54.6 Å². The number of carboxylic acids is 2. The first-order chi connectivity index (χ1) is 25.9. The zero-order valence-corrected chi connectivity index (χ0v) is 31.1. The van der Waals surface area contributed by atoms with E-state index >= 15 is 0 Å². The van der Waals surface area contributed by atoms with Crippen molar-refractivity contribution in [1.82, 2.24) is 10.2 Å². The van der Waals surface area contributed by atoms with E-state index in [9.17, 15) is 19.5 Å². The summed E-state index contributed by atoms with van der Waals surface area (Å²) in [6.45, 7) is 0.0990. The van der Waals surface area contributed by atoms with Gasteiger partial charge >= 0.3 is 18.0 Å². The number of fused-ring (bicyclic) bond motifs is 6. The summed E-state index contributed by atoms with van der Waals surface area (Å²) in [7, 11) is 0. The number of carbonyl (C=O) groups is 3. The third-order valence-electron chi connectivity index (χ3n) is 9.30. The Hall–Kier alpha value is -4.74. The van der Waals surface area contributed by atoms with Gasteiger partial charge in [0, 0.05) is 34.8 Å². The summed E-state index contributed by atoms with van der Waals surface area (Å²) in [5, 5.41) is 21.0. The van der Waals surface area contributed by atoms with Gasteiger partial charge in [-0.1, -0.05) is 127 Å². The van der Waals surface area contributed by atoms with Crippen LogP contribution in [0, 0.1) is 0 Å². The van der Waals surface area contributed by atoms with Crippen LogP contribution in [0.1, 0.15) is 39.7 Å². The predicted molar refractivity (Wildman–Crippen MR) is 214 cm³/mol. The summed E-state index contributed by atoms with van der Waals surface area (Å²) >= 11 is 8.61. The van der Waals surface area contributed by atoms with Crippen molar-refractivity contribution >= 4 is 53.3 Å². The standard InChI is InChI=1S/C25H23NO4S.C17H16ClNO2S/c27-24(28)23(26-25(29)30-14-17-8-2-1-3-9-17)16-31-15-22-20-12-6-4-10-18(20)19-11-5-7-13-21(19)22;18-19-16(17(20)21)10-22-9-15-13-7-3-1-5-11(13)12-6-2-4-8-14(12)15/h1-13,22-23H,14-16H2,(H,26,29)(H,27,28);1-8,15-16,19H,9-10H2,(H,20,21)/t23-;16-/m11/s1. The number of nitrogens with one attached hydrogen (secondary N) is 2. The molecule has 0 spiro atoms. The topological polar surface area (TPSA) is 125 Å². The van der Waals surface area contributed by atoms with Crippen LogP contribution in [0.2, 0.25) is 0 Å². The van der Waals surface area contributed by atoms with Gasteiger partial charge in [-0.15, -0.1) is 0 Å². The Labute approximate surface area is 322 Å². The number of amides is 1. The highest BCUT2D eigenvalue weighted by Gasteiger charge is 2.30. The first-order valence-corrected chi connectivity index (χ1v) is 19.8. The van der Waals surface area contributed by atoms with Crippen LogP contribution in [0.3, 0.4) is 0 Å². The second kappa shape index (κ2) is 18.3. The molecule has 0 saturated heterocycles. The van der Waals surface area contributed by atoms with E-state index in [2.05, 4.69) is 82.9 Å². The second-order valence-corrected chi connectivity index (χ2v) is 15.0. The molecule has 272 valence electrons. The van der Waals surface area contributed by atoms with Crippen LogP contribution >= 0.6 is 35.3 Å². The zero-order valence-electron chi connectivity index (χ0n) is 28.7. The molecule has 2 aliphatic carbocycles. The summed E-state index contributed by atoms with van der Waals surface area (Å²) in [5.41, 5.74) is 11.1. The van der Waals surface area contributed by atoms with Crippen LogP contribution in [-0.2, 0) is 20.9 Å². The summed E-state index contributed by atoms with van der Waals surface area (Å²) in [4.78, 5) is 37.0. The van der Waals surface area contributed by atoms with E-state index in [1.165, 1.54) is 56.3 Å². The number of benzene rings is 5. The molecule has 53 heavy (non-hydrogen) atoms. The number of hydrogen-bond acceptors (Lipinski definition) is 7. The lowest BCUT2D eigenvalue weighted by molar-refractivity contribution is -0.139. The van der Waals surface area contributed by atoms with Gasteiger partial charge in [0.1, 0.15) is 18.7 Å². The molecular weight excluding hydrogens is 728 g/mol. The Morgan fingerprint density at radius 1 is 0.585 bits per heavy atom.